The average molecular weight is 250 g/mol. The number of halogens is 2. The van der Waals surface area contributed by atoms with Crippen LogP contribution in [0.25, 0.3) is 0 Å². The van der Waals surface area contributed by atoms with E-state index < -0.39 is 0 Å². The van der Waals surface area contributed by atoms with E-state index in [1.165, 1.54) is 0 Å². The first-order valence-corrected chi connectivity index (χ1v) is 5.37. The van der Waals surface area contributed by atoms with E-state index in [1.54, 1.807) is 6.26 Å². The molecule has 2 atom stereocenters. The highest BCUT2D eigenvalue weighted by Crippen LogP contribution is 2.40. The Morgan fingerprint density at radius 3 is 2.83 bits per heavy atom. The SMILES string of the molecule is ClC1CCC(c2occc2Br)C1. The molecule has 3 heteroatoms. The molecule has 2 rings (SSSR count). The molecular weight excluding hydrogens is 239 g/mol. The molecule has 1 aliphatic carbocycles. The molecule has 0 spiro atoms. The van der Waals surface area contributed by atoms with Gasteiger partial charge < -0.3 is 4.42 Å². The first-order chi connectivity index (χ1) is 5.77. The molecule has 0 radical (unpaired) electrons. The Morgan fingerprint density at radius 2 is 2.33 bits per heavy atom. The first-order valence-electron chi connectivity index (χ1n) is 4.14. The van der Waals surface area contributed by atoms with Gasteiger partial charge in [-0.05, 0) is 41.3 Å². The second-order valence-corrected chi connectivity index (χ2v) is 4.71. The Kier molecular flexibility index (Phi) is 2.47. The van der Waals surface area contributed by atoms with Gasteiger partial charge in [-0.1, -0.05) is 0 Å². The fourth-order valence-electron chi connectivity index (χ4n) is 1.76. The van der Waals surface area contributed by atoms with Gasteiger partial charge in [0.25, 0.3) is 0 Å². The van der Waals surface area contributed by atoms with Gasteiger partial charge in [0.2, 0.25) is 0 Å². The third-order valence-electron chi connectivity index (χ3n) is 2.38. The van der Waals surface area contributed by atoms with Gasteiger partial charge >= 0.3 is 0 Å². The van der Waals surface area contributed by atoms with Crippen molar-refractivity contribution in [2.24, 2.45) is 0 Å². The summed E-state index contributed by atoms with van der Waals surface area (Å²) in [6.07, 6.45) is 5.04. The first kappa shape index (κ1) is 8.64. The monoisotopic (exact) mass is 248 g/mol. The Balaban J connectivity index is 2.16. The lowest BCUT2D eigenvalue weighted by molar-refractivity contribution is 0.462. The van der Waals surface area contributed by atoms with E-state index >= 15 is 0 Å². The quantitative estimate of drug-likeness (QED) is 0.688. The fraction of sp³-hybridized carbons (Fsp3) is 0.556. The molecule has 1 aromatic rings. The van der Waals surface area contributed by atoms with Crippen molar-refractivity contribution in [3.63, 3.8) is 0 Å². The van der Waals surface area contributed by atoms with Gasteiger partial charge in [0.1, 0.15) is 5.76 Å². The molecule has 12 heavy (non-hydrogen) atoms. The molecule has 2 unspecified atom stereocenters. The summed E-state index contributed by atoms with van der Waals surface area (Å²) >= 11 is 9.48. The molecule has 66 valence electrons. The molecule has 1 aliphatic rings. The summed E-state index contributed by atoms with van der Waals surface area (Å²) in [5, 5.41) is 0.340. The van der Waals surface area contributed by atoms with Gasteiger partial charge in [0, 0.05) is 11.3 Å². The molecule has 1 fully saturated rings. The van der Waals surface area contributed by atoms with Crippen LogP contribution in [0.3, 0.4) is 0 Å². The summed E-state index contributed by atoms with van der Waals surface area (Å²) in [6.45, 7) is 0. The minimum Gasteiger partial charge on any atom is -0.468 e. The maximum atomic E-state index is 6.02. The zero-order chi connectivity index (χ0) is 8.55. The summed E-state index contributed by atoms with van der Waals surface area (Å²) in [6, 6.07) is 1.94. The third kappa shape index (κ3) is 1.55. The van der Waals surface area contributed by atoms with Crippen LogP contribution in [0.15, 0.2) is 21.2 Å². The Morgan fingerprint density at radius 1 is 1.50 bits per heavy atom. The van der Waals surface area contributed by atoms with E-state index in [0.717, 1.165) is 29.5 Å². The largest absolute Gasteiger partial charge is 0.468 e. The van der Waals surface area contributed by atoms with Gasteiger partial charge in [-0.3, -0.25) is 0 Å². The molecule has 0 saturated heterocycles. The number of hydrogen-bond acceptors (Lipinski definition) is 1. The standard InChI is InChI=1S/C9H10BrClO/c10-8-3-4-12-9(8)6-1-2-7(11)5-6/h3-4,6-7H,1-2,5H2. The van der Waals surface area contributed by atoms with E-state index in [0.29, 0.717) is 11.3 Å². The van der Waals surface area contributed by atoms with E-state index in [2.05, 4.69) is 15.9 Å². The molecule has 1 heterocycles. The second kappa shape index (κ2) is 3.43. The van der Waals surface area contributed by atoms with Crippen LogP contribution in [0.1, 0.15) is 30.9 Å². The van der Waals surface area contributed by atoms with Crippen molar-refractivity contribution in [3.8, 4) is 0 Å². The van der Waals surface area contributed by atoms with Gasteiger partial charge in [-0.15, -0.1) is 11.6 Å². The van der Waals surface area contributed by atoms with Crippen LogP contribution in [0.4, 0.5) is 0 Å². The summed E-state index contributed by atoms with van der Waals surface area (Å²) in [5.74, 6) is 1.59. The van der Waals surface area contributed by atoms with Crippen LogP contribution in [0.5, 0.6) is 0 Å². The average Bonchev–Trinajstić information content (AvgIpc) is 2.58. The van der Waals surface area contributed by atoms with Crippen LogP contribution in [0, 0.1) is 0 Å². The zero-order valence-electron chi connectivity index (χ0n) is 6.59. The fourth-order valence-corrected chi connectivity index (χ4v) is 2.63. The van der Waals surface area contributed by atoms with E-state index in [1.807, 2.05) is 6.07 Å². The molecule has 0 N–H and O–H groups in total. The predicted octanol–water partition coefficient (Wildman–Crippen LogP) is 3.92. The highest BCUT2D eigenvalue weighted by Gasteiger charge is 2.27. The number of alkyl halides is 1. The summed E-state index contributed by atoms with van der Waals surface area (Å²) in [5.41, 5.74) is 0. The van der Waals surface area contributed by atoms with Crippen molar-refractivity contribution in [1.82, 2.24) is 0 Å². The molecular formula is C9H10BrClO. The highest BCUT2D eigenvalue weighted by molar-refractivity contribution is 9.10. The van der Waals surface area contributed by atoms with Crippen molar-refractivity contribution in [2.45, 2.75) is 30.6 Å². The summed E-state index contributed by atoms with van der Waals surface area (Å²) in [4.78, 5) is 0. The van der Waals surface area contributed by atoms with Crippen molar-refractivity contribution in [3.05, 3.63) is 22.6 Å². The maximum Gasteiger partial charge on any atom is 0.121 e. The van der Waals surface area contributed by atoms with E-state index in [9.17, 15) is 0 Å². The minimum absolute atomic E-state index is 0.340. The van der Waals surface area contributed by atoms with Gasteiger partial charge in [0.15, 0.2) is 0 Å². The summed E-state index contributed by atoms with van der Waals surface area (Å²) in [7, 11) is 0. The van der Waals surface area contributed by atoms with Gasteiger partial charge in [0.05, 0.1) is 10.7 Å². The van der Waals surface area contributed by atoms with Gasteiger partial charge in [-0.25, -0.2) is 0 Å². The topological polar surface area (TPSA) is 13.1 Å². The lowest BCUT2D eigenvalue weighted by Crippen LogP contribution is -1.92. The molecule has 0 aromatic carbocycles. The predicted molar refractivity (Wildman–Crippen MR) is 52.6 cm³/mol. The molecule has 1 aromatic heterocycles. The maximum absolute atomic E-state index is 6.02. The van der Waals surface area contributed by atoms with Crippen LogP contribution in [-0.4, -0.2) is 5.38 Å². The van der Waals surface area contributed by atoms with Crippen LogP contribution in [0.2, 0.25) is 0 Å². The molecule has 0 aliphatic heterocycles. The minimum atomic E-state index is 0.340. The van der Waals surface area contributed by atoms with Crippen molar-refractivity contribution >= 4 is 27.5 Å². The second-order valence-electron chi connectivity index (χ2n) is 3.24. The highest BCUT2D eigenvalue weighted by atomic mass is 79.9. The smallest absolute Gasteiger partial charge is 0.121 e. The third-order valence-corrected chi connectivity index (χ3v) is 3.44. The normalized spacial score (nSPS) is 29.5. The lowest BCUT2D eigenvalue weighted by atomic mass is 10.1. The molecule has 0 amide bonds. The van der Waals surface area contributed by atoms with Gasteiger partial charge in [-0.2, -0.15) is 0 Å². The Bertz CT molecular complexity index is 271. The Labute approximate surface area is 85.2 Å². The summed E-state index contributed by atoms with van der Waals surface area (Å²) < 4.78 is 6.47. The number of rotatable bonds is 1. The van der Waals surface area contributed by atoms with Crippen molar-refractivity contribution in [2.75, 3.05) is 0 Å². The lowest BCUT2D eigenvalue weighted by Gasteiger charge is -2.05. The number of hydrogen-bond donors (Lipinski definition) is 0. The molecule has 1 nitrogen and oxygen atoms in total. The van der Waals surface area contributed by atoms with Crippen molar-refractivity contribution in [1.29, 1.82) is 0 Å². The zero-order valence-corrected chi connectivity index (χ0v) is 8.94. The van der Waals surface area contributed by atoms with Crippen molar-refractivity contribution < 1.29 is 4.42 Å². The molecule has 0 bridgehead atoms. The van der Waals surface area contributed by atoms with Crippen LogP contribution < -0.4 is 0 Å². The number of furan rings is 1. The van der Waals surface area contributed by atoms with Crippen LogP contribution >= 0.6 is 27.5 Å². The molecule has 1 saturated carbocycles. The van der Waals surface area contributed by atoms with E-state index in [-0.39, 0.29) is 0 Å². The Hall–Kier alpha value is 0.0500. The van der Waals surface area contributed by atoms with Crippen LogP contribution in [-0.2, 0) is 0 Å². The van der Waals surface area contributed by atoms with E-state index in [4.69, 9.17) is 16.0 Å².